The van der Waals surface area contributed by atoms with E-state index in [-0.39, 0.29) is 5.91 Å². The van der Waals surface area contributed by atoms with Gasteiger partial charge in [0.2, 0.25) is 0 Å². The van der Waals surface area contributed by atoms with Crippen molar-refractivity contribution in [3.63, 3.8) is 0 Å². The van der Waals surface area contributed by atoms with E-state index in [9.17, 15) is 4.79 Å². The molecule has 0 bridgehead atoms. The summed E-state index contributed by atoms with van der Waals surface area (Å²) in [6.07, 6.45) is 7.74. The highest BCUT2D eigenvalue weighted by atomic mass is 32.1. The maximum atomic E-state index is 12.9. The van der Waals surface area contributed by atoms with E-state index in [0.29, 0.717) is 6.04 Å². The van der Waals surface area contributed by atoms with Gasteiger partial charge in [-0.2, -0.15) is 0 Å². The van der Waals surface area contributed by atoms with Crippen LogP contribution in [0.3, 0.4) is 0 Å². The van der Waals surface area contributed by atoms with Crippen LogP contribution in [0.1, 0.15) is 28.9 Å². The molecule has 0 spiro atoms. The fourth-order valence-electron chi connectivity index (χ4n) is 3.64. The molecule has 2 aliphatic heterocycles. The van der Waals surface area contributed by atoms with Gasteiger partial charge in [0.25, 0.3) is 5.91 Å². The van der Waals surface area contributed by atoms with E-state index in [1.54, 1.807) is 11.3 Å². The SMILES string of the molecule is O=C(c1sccc1-n1cccc1)N1CCC(N2CCCC2)C1. The minimum Gasteiger partial charge on any atom is -0.336 e. The van der Waals surface area contributed by atoms with Gasteiger partial charge in [0, 0.05) is 31.5 Å². The Morgan fingerprint density at radius 2 is 1.91 bits per heavy atom. The molecule has 2 saturated heterocycles. The van der Waals surface area contributed by atoms with E-state index in [4.69, 9.17) is 0 Å². The van der Waals surface area contributed by atoms with Gasteiger partial charge in [-0.25, -0.2) is 0 Å². The second-order valence-corrected chi connectivity index (χ2v) is 7.08. The Morgan fingerprint density at radius 3 is 2.68 bits per heavy atom. The molecule has 4 heterocycles. The van der Waals surface area contributed by atoms with Crippen molar-refractivity contribution in [1.82, 2.24) is 14.4 Å². The number of nitrogens with zero attached hydrogens (tertiary/aromatic N) is 3. The molecule has 0 radical (unpaired) electrons. The molecule has 1 unspecified atom stereocenters. The lowest BCUT2D eigenvalue weighted by Gasteiger charge is -2.23. The minimum absolute atomic E-state index is 0.195. The lowest BCUT2D eigenvalue weighted by molar-refractivity contribution is 0.0785. The average molecular weight is 315 g/mol. The van der Waals surface area contributed by atoms with Crippen LogP contribution in [0.4, 0.5) is 0 Å². The molecule has 2 aromatic heterocycles. The molecule has 4 nitrogen and oxygen atoms in total. The summed E-state index contributed by atoms with van der Waals surface area (Å²) in [6, 6.07) is 6.59. The van der Waals surface area contributed by atoms with Gasteiger partial charge in [-0.1, -0.05) is 0 Å². The third-order valence-corrected chi connectivity index (χ3v) is 5.72. The van der Waals surface area contributed by atoms with Crippen LogP contribution in [0.2, 0.25) is 0 Å². The van der Waals surface area contributed by atoms with Crippen LogP contribution >= 0.6 is 11.3 Å². The standard InChI is InChI=1S/C17H21N3OS/c21-17(16-15(6-12-22-16)19-9-3-4-10-19)20-11-5-14(13-20)18-7-1-2-8-18/h3-4,6,9-10,12,14H,1-2,5,7-8,11,13H2. The molecule has 0 aromatic carbocycles. The summed E-state index contributed by atoms with van der Waals surface area (Å²) in [5.41, 5.74) is 1.00. The molecule has 22 heavy (non-hydrogen) atoms. The minimum atomic E-state index is 0.195. The van der Waals surface area contributed by atoms with Crippen molar-refractivity contribution in [3.8, 4) is 5.69 Å². The molecule has 2 aliphatic rings. The maximum Gasteiger partial charge on any atom is 0.266 e. The van der Waals surface area contributed by atoms with Crippen LogP contribution < -0.4 is 0 Å². The second-order valence-electron chi connectivity index (χ2n) is 6.16. The summed E-state index contributed by atoms with van der Waals surface area (Å²) < 4.78 is 2.03. The number of amides is 1. The van der Waals surface area contributed by atoms with E-state index < -0.39 is 0 Å². The van der Waals surface area contributed by atoms with Crippen LogP contribution in [-0.2, 0) is 0 Å². The number of hydrogen-bond acceptors (Lipinski definition) is 3. The Kier molecular flexibility index (Phi) is 3.76. The summed E-state index contributed by atoms with van der Waals surface area (Å²) in [7, 11) is 0. The third kappa shape index (κ3) is 2.48. The summed E-state index contributed by atoms with van der Waals surface area (Å²) in [4.78, 5) is 18.4. The van der Waals surface area contributed by atoms with Gasteiger partial charge < -0.3 is 9.47 Å². The quantitative estimate of drug-likeness (QED) is 0.871. The Morgan fingerprint density at radius 1 is 1.14 bits per heavy atom. The summed E-state index contributed by atoms with van der Waals surface area (Å²) in [5, 5.41) is 2.01. The zero-order valence-electron chi connectivity index (χ0n) is 12.6. The highest BCUT2D eigenvalue weighted by Crippen LogP contribution is 2.26. The highest BCUT2D eigenvalue weighted by Gasteiger charge is 2.33. The van der Waals surface area contributed by atoms with Crippen LogP contribution in [-0.4, -0.2) is 52.5 Å². The van der Waals surface area contributed by atoms with Crippen molar-refractivity contribution < 1.29 is 4.79 Å². The lowest BCUT2D eigenvalue weighted by atomic mass is 10.2. The van der Waals surface area contributed by atoms with E-state index in [2.05, 4.69) is 4.90 Å². The largest absolute Gasteiger partial charge is 0.336 e. The molecule has 116 valence electrons. The number of rotatable bonds is 3. The topological polar surface area (TPSA) is 28.5 Å². The first-order valence-corrected chi connectivity index (χ1v) is 8.95. The smallest absolute Gasteiger partial charge is 0.266 e. The molecule has 2 aromatic rings. The molecular weight excluding hydrogens is 294 g/mol. The van der Waals surface area contributed by atoms with E-state index >= 15 is 0 Å². The number of carbonyl (C=O) groups excluding carboxylic acids is 1. The Balaban J connectivity index is 1.50. The summed E-state index contributed by atoms with van der Waals surface area (Å²) in [5.74, 6) is 0.195. The van der Waals surface area contributed by atoms with Crippen LogP contribution in [0, 0.1) is 0 Å². The molecule has 4 rings (SSSR count). The predicted octanol–water partition coefficient (Wildman–Crippen LogP) is 2.85. The summed E-state index contributed by atoms with van der Waals surface area (Å²) in [6.45, 7) is 4.20. The number of hydrogen-bond donors (Lipinski definition) is 0. The molecule has 1 atom stereocenters. The van der Waals surface area contributed by atoms with Gasteiger partial charge in [-0.3, -0.25) is 9.69 Å². The van der Waals surface area contributed by atoms with Crippen molar-refractivity contribution in [3.05, 3.63) is 40.8 Å². The van der Waals surface area contributed by atoms with Crippen molar-refractivity contribution in [2.75, 3.05) is 26.2 Å². The fourth-order valence-corrected chi connectivity index (χ4v) is 4.49. The van der Waals surface area contributed by atoms with E-state index in [1.807, 2.05) is 45.4 Å². The van der Waals surface area contributed by atoms with Crippen LogP contribution in [0.25, 0.3) is 5.69 Å². The van der Waals surface area contributed by atoms with Crippen LogP contribution in [0.5, 0.6) is 0 Å². The maximum absolute atomic E-state index is 12.9. The first-order valence-electron chi connectivity index (χ1n) is 8.07. The van der Waals surface area contributed by atoms with Crippen molar-refractivity contribution >= 4 is 17.2 Å². The third-order valence-electron chi connectivity index (χ3n) is 4.83. The monoisotopic (exact) mass is 315 g/mol. The van der Waals surface area contributed by atoms with E-state index in [1.165, 1.54) is 25.9 Å². The normalized spacial score (nSPS) is 22.5. The van der Waals surface area contributed by atoms with Crippen molar-refractivity contribution in [1.29, 1.82) is 0 Å². The first-order chi connectivity index (χ1) is 10.8. The van der Waals surface area contributed by atoms with Gasteiger partial charge in [-0.15, -0.1) is 11.3 Å². The highest BCUT2D eigenvalue weighted by molar-refractivity contribution is 7.12. The average Bonchev–Trinajstić information content (AvgIpc) is 3.35. The zero-order valence-corrected chi connectivity index (χ0v) is 13.5. The molecule has 2 fully saturated rings. The predicted molar refractivity (Wildman–Crippen MR) is 88.8 cm³/mol. The Labute approximate surface area is 135 Å². The number of aromatic nitrogens is 1. The molecule has 0 aliphatic carbocycles. The molecule has 5 heteroatoms. The molecule has 0 N–H and O–H groups in total. The van der Waals surface area contributed by atoms with Crippen molar-refractivity contribution in [2.24, 2.45) is 0 Å². The van der Waals surface area contributed by atoms with Gasteiger partial charge >= 0.3 is 0 Å². The molecular formula is C17H21N3OS. The molecule has 1 amide bonds. The van der Waals surface area contributed by atoms with Gasteiger partial charge in [0.15, 0.2) is 0 Å². The molecule has 0 saturated carbocycles. The Hall–Kier alpha value is -1.59. The zero-order chi connectivity index (χ0) is 14.9. The van der Waals surface area contributed by atoms with Crippen LogP contribution in [0.15, 0.2) is 36.0 Å². The Bertz CT molecular complexity index is 643. The lowest BCUT2D eigenvalue weighted by Crippen LogP contribution is -2.37. The van der Waals surface area contributed by atoms with E-state index in [0.717, 1.165) is 30.1 Å². The number of thiophene rings is 1. The second kappa shape index (κ2) is 5.89. The summed E-state index contributed by atoms with van der Waals surface area (Å²) >= 11 is 1.55. The van der Waals surface area contributed by atoms with Gasteiger partial charge in [-0.05, 0) is 55.9 Å². The fraction of sp³-hybridized carbons (Fsp3) is 0.471. The first kappa shape index (κ1) is 14.0. The van der Waals surface area contributed by atoms with Crippen molar-refractivity contribution in [2.45, 2.75) is 25.3 Å². The number of likely N-dealkylation sites (tertiary alicyclic amines) is 2. The van der Waals surface area contributed by atoms with Gasteiger partial charge in [0.1, 0.15) is 4.88 Å². The van der Waals surface area contributed by atoms with Gasteiger partial charge in [0.05, 0.1) is 5.69 Å². The number of carbonyl (C=O) groups is 1.